The molecule has 2 saturated carbocycles. The lowest BCUT2D eigenvalue weighted by molar-refractivity contribution is 0.0681. The van der Waals surface area contributed by atoms with Gasteiger partial charge in [-0.3, -0.25) is 4.79 Å². The first kappa shape index (κ1) is 19.8. The highest BCUT2D eigenvalue weighted by molar-refractivity contribution is 5.97. The number of primary amides is 1. The number of aromatic nitrogens is 2. The molecule has 0 spiro atoms. The normalized spacial score (nSPS) is 29.0. The van der Waals surface area contributed by atoms with Crippen LogP contribution in [0.15, 0.2) is 6.20 Å². The van der Waals surface area contributed by atoms with Crippen molar-refractivity contribution in [2.24, 2.45) is 5.73 Å². The smallest absolute Gasteiger partial charge is 0.254 e. The minimum absolute atomic E-state index is 0.0699. The van der Waals surface area contributed by atoms with Gasteiger partial charge in [-0.1, -0.05) is 12.8 Å². The molecule has 2 fully saturated rings. The molecule has 8 nitrogen and oxygen atoms in total. The van der Waals surface area contributed by atoms with Gasteiger partial charge >= 0.3 is 0 Å². The van der Waals surface area contributed by atoms with Crippen LogP contribution in [0.3, 0.4) is 0 Å². The van der Waals surface area contributed by atoms with E-state index in [9.17, 15) is 9.90 Å². The standard InChI is InChI=1S/C19H31N5O3/c1-27-15-8-6-12(7-9-15)23-19-21-11-16(17(20)26)18(24-19)22-13-4-2-3-5-14(25)10-13/h11-15,25H,2-10H2,1H3,(H2,20,26)(H2,21,22,23,24). The maximum atomic E-state index is 11.8. The van der Waals surface area contributed by atoms with Crippen molar-refractivity contribution in [1.82, 2.24) is 9.97 Å². The number of aliphatic hydroxyl groups excluding tert-OH is 1. The third-order valence-corrected chi connectivity index (χ3v) is 5.63. The van der Waals surface area contributed by atoms with E-state index in [-0.39, 0.29) is 17.7 Å². The molecule has 2 unspecified atom stereocenters. The van der Waals surface area contributed by atoms with Crippen molar-refractivity contribution in [1.29, 1.82) is 0 Å². The summed E-state index contributed by atoms with van der Waals surface area (Å²) in [4.78, 5) is 20.6. The van der Waals surface area contributed by atoms with E-state index in [2.05, 4.69) is 20.6 Å². The molecule has 1 aromatic rings. The highest BCUT2D eigenvalue weighted by Gasteiger charge is 2.24. The Morgan fingerprint density at radius 3 is 2.59 bits per heavy atom. The Labute approximate surface area is 160 Å². The van der Waals surface area contributed by atoms with E-state index in [0.717, 1.165) is 51.4 Å². The van der Waals surface area contributed by atoms with Crippen LogP contribution in [0.5, 0.6) is 0 Å². The van der Waals surface area contributed by atoms with Crippen LogP contribution >= 0.6 is 0 Å². The summed E-state index contributed by atoms with van der Waals surface area (Å²) >= 11 is 0. The lowest BCUT2D eigenvalue weighted by Crippen LogP contribution is -2.30. The van der Waals surface area contributed by atoms with Gasteiger partial charge in [0.1, 0.15) is 5.82 Å². The summed E-state index contributed by atoms with van der Waals surface area (Å²) in [5.41, 5.74) is 5.78. The molecule has 0 saturated heterocycles. The van der Waals surface area contributed by atoms with Crippen LogP contribution < -0.4 is 16.4 Å². The molecule has 2 aliphatic carbocycles. The van der Waals surface area contributed by atoms with Gasteiger partial charge in [0.15, 0.2) is 0 Å². The summed E-state index contributed by atoms with van der Waals surface area (Å²) in [5, 5.41) is 16.7. The molecule has 2 atom stereocenters. The van der Waals surface area contributed by atoms with Gasteiger partial charge in [0.05, 0.1) is 17.8 Å². The van der Waals surface area contributed by atoms with E-state index < -0.39 is 5.91 Å². The molecule has 5 N–H and O–H groups in total. The van der Waals surface area contributed by atoms with Crippen molar-refractivity contribution in [2.45, 2.75) is 82.1 Å². The fraction of sp³-hybridized carbons (Fsp3) is 0.737. The van der Waals surface area contributed by atoms with Gasteiger partial charge in [-0.25, -0.2) is 4.98 Å². The predicted octanol–water partition coefficient (Wildman–Crippen LogP) is 2.05. The van der Waals surface area contributed by atoms with Crippen LogP contribution in [0.1, 0.15) is 68.1 Å². The van der Waals surface area contributed by atoms with Crippen molar-refractivity contribution >= 4 is 17.7 Å². The Kier molecular flexibility index (Phi) is 6.84. The van der Waals surface area contributed by atoms with Gasteiger partial charge in [0.25, 0.3) is 5.91 Å². The molecule has 1 amide bonds. The summed E-state index contributed by atoms with van der Waals surface area (Å²) < 4.78 is 5.41. The summed E-state index contributed by atoms with van der Waals surface area (Å²) in [6.45, 7) is 0. The number of amides is 1. The molecule has 1 heterocycles. The quantitative estimate of drug-likeness (QED) is 0.560. The van der Waals surface area contributed by atoms with Crippen LogP contribution in [-0.4, -0.2) is 52.4 Å². The molecular formula is C19H31N5O3. The average Bonchev–Trinajstić information content (AvgIpc) is 2.86. The Hall–Kier alpha value is -1.93. The zero-order chi connectivity index (χ0) is 19.2. The van der Waals surface area contributed by atoms with E-state index in [0.29, 0.717) is 30.3 Å². The fourth-order valence-corrected chi connectivity index (χ4v) is 4.03. The first-order chi connectivity index (χ1) is 13.0. The molecule has 27 heavy (non-hydrogen) atoms. The Morgan fingerprint density at radius 1 is 1.15 bits per heavy atom. The minimum atomic E-state index is -0.557. The summed E-state index contributed by atoms with van der Waals surface area (Å²) in [6.07, 6.45) is 9.97. The Balaban J connectivity index is 1.69. The number of anilines is 2. The number of carbonyl (C=O) groups excluding carboxylic acids is 1. The monoisotopic (exact) mass is 377 g/mol. The third kappa shape index (κ3) is 5.52. The molecule has 1 aromatic heterocycles. The number of nitrogens with two attached hydrogens (primary N) is 1. The lowest BCUT2D eigenvalue weighted by Gasteiger charge is -2.28. The fourth-order valence-electron chi connectivity index (χ4n) is 4.03. The number of carbonyl (C=O) groups is 1. The number of aliphatic hydroxyl groups is 1. The molecule has 0 radical (unpaired) electrons. The van der Waals surface area contributed by atoms with Crippen molar-refractivity contribution in [3.63, 3.8) is 0 Å². The first-order valence-electron chi connectivity index (χ1n) is 9.96. The topological polar surface area (TPSA) is 122 Å². The second-order valence-electron chi connectivity index (χ2n) is 7.69. The Bertz CT molecular complexity index is 634. The van der Waals surface area contributed by atoms with Crippen molar-refractivity contribution in [2.75, 3.05) is 17.7 Å². The van der Waals surface area contributed by atoms with Crippen LogP contribution in [0, 0.1) is 0 Å². The maximum Gasteiger partial charge on any atom is 0.254 e. The number of hydrogen-bond acceptors (Lipinski definition) is 7. The van der Waals surface area contributed by atoms with Gasteiger partial charge in [0, 0.05) is 25.4 Å². The van der Waals surface area contributed by atoms with Crippen molar-refractivity contribution in [3.05, 3.63) is 11.8 Å². The van der Waals surface area contributed by atoms with E-state index in [1.807, 2.05) is 0 Å². The molecule has 3 rings (SSSR count). The summed E-state index contributed by atoms with van der Waals surface area (Å²) in [6, 6.07) is 0.365. The van der Waals surface area contributed by atoms with Crippen LogP contribution in [0.25, 0.3) is 0 Å². The van der Waals surface area contributed by atoms with E-state index in [1.54, 1.807) is 7.11 Å². The van der Waals surface area contributed by atoms with Crippen molar-refractivity contribution < 1.29 is 14.6 Å². The van der Waals surface area contributed by atoms with Gasteiger partial charge < -0.3 is 26.2 Å². The number of hydrogen-bond donors (Lipinski definition) is 4. The van der Waals surface area contributed by atoms with Gasteiger partial charge in [-0.15, -0.1) is 0 Å². The SMILES string of the molecule is COC1CCC(Nc2ncc(C(N)=O)c(NC3CCCCC(O)C3)n2)CC1. The summed E-state index contributed by atoms with van der Waals surface area (Å²) in [5.74, 6) is 0.390. The van der Waals surface area contributed by atoms with E-state index >= 15 is 0 Å². The van der Waals surface area contributed by atoms with Gasteiger partial charge in [-0.2, -0.15) is 4.98 Å². The predicted molar refractivity (Wildman–Crippen MR) is 104 cm³/mol. The number of ether oxygens (including phenoxy) is 1. The highest BCUT2D eigenvalue weighted by atomic mass is 16.5. The Morgan fingerprint density at radius 2 is 1.89 bits per heavy atom. The van der Waals surface area contributed by atoms with Crippen LogP contribution in [0.4, 0.5) is 11.8 Å². The number of rotatable bonds is 6. The molecule has 0 aliphatic heterocycles. The van der Waals surface area contributed by atoms with Crippen LogP contribution in [0.2, 0.25) is 0 Å². The molecule has 8 heteroatoms. The van der Waals surface area contributed by atoms with E-state index in [1.165, 1.54) is 6.20 Å². The number of nitrogens with zero attached hydrogens (tertiary/aromatic N) is 2. The van der Waals surface area contributed by atoms with Gasteiger partial charge in [0.2, 0.25) is 5.95 Å². The zero-order valence-corrected chi connectivity index (χ0v) is 16.0. The molecule has 150 valence electrons. The second-order valence-corrected chi connectivity index (χ2v) is 7.69. The van der Waals surface area contributed by atoms with E-state index in [4.69, 9.17) is 10.5 Å². The second kappa shape index (κ2) is 9.32. The molecular weight excluding hydrogens is 346 g/mol. The molecule has 0 bridgehead atoms. The van der Waals surface area contributed by atoms with Crippen LogP contribution in [-0.2, 0) is 4.74 Å². The van der Waals surface area contributed by atoms with Crippen molar-refractivity contribution in [3.8, 4) is 0 Å². The minimum Gasteiger partial charge on any atom is -0.393 e. The summed E-state index contributed by atoms with van der Waals surface area (Å²) in [7, 11) is 1.76. The number of methoxy groups -OCH3 is 1. The zero-order valence-electron chi connectivity index (χ0n) is 16.0. The molecule has 0 aromatic carbocycles. The number of nitrogens with one attached hydrogen (secondary N) is 2. The highest BCUT2D eigenvalue weighted by Crippen LogP contribution is 2.25. The molecule has 2 aliphatic rings. The maximum absolute atomic E-state index is 11.8. The lowest BCUT2D eigenvalue weighted by atomic mass is 9.93. The largest absolute Gasteiger partial charge is 0.393 e. The average molecular weight is 377 g/mol. The third-order valence-electron chi connectivity index (χ3n) is 5.63. The van der Waals surface area contributed by atoms with Gasteiger partial charge in [-0.05, 0) is 44.9 Å². The first-order valence-corrected chi connectivity index (χ1v) is 9.96.